The van der Waals surface area contributed by atoms with Crippen molar-refractivity contribution in [1.29, 1.82) is 0 Å². The monoisotopic (exact) mass is 306 g/mol. The summed E-state index contributed by atoms with van der Waals surface area (Å²) in [6, 6.07) is 6.19. The molecule has 1 N–H and O–H groups in total. The van der Waals surface area contributed by atoms with Gasteiger partial charge in [0.1, 0.15) is 0 Å². The number of fused-ring (bicyclic) bond motifs is 1. The third-order valence-corrected chi connectivity index (χ3v) is 5.53. The predicted molar refractivity (Wildman–Crippen MR) is 86.6 cm³/mol. The van der Waals surface area contributed by atoms with E-state index in [9.17, 15) is 4.79 Å². The maximum Gasteiger partial charge on any atom is 0.321 e. The summed E-state index contributed by atoms with van der Waals surface area (Å²) < 4.78 is 0. The Hall–Kier alpha value is -1.22. The number of carbonyl (C=O) groups excluding carboxylic acids is 1. The fourth-order valence-corrected chi connectivity index (χ4v) is 3.81. The number of benzene rings is 1. The number of nitrogens with one attached hydrogen (secondary N) is 1. The molecule has 1 aromatic carbocycles. The third kappa shape index (κ3) is 3.03. The van der Waals surface area contributed by atoms with Gasteiger partial charge in [0.25, 0.3) is 0 Å². The fraction of sp³-hybridized carbons (Fsp3) is 0.588. The van der Waals surface area contributed by atoms with Gasteiger partial charge in [0.05, 0.1) is 5.38 Å². The summed E-state index contributed by atoms with van der Waals surface area (Å²) in [4.78, 5) is 13.3. The Balaban J connectivity index is 1.77. The molecule has 1 unspecified atom stereocenters. The third-order valence-electron chi connectivity index (χ3n) is 4.92. The Labute approximate surface area is 131 Å². The van der Waals surface area contributed by atoms with Crippen LogP contribution in [0, 0.1) is 11.8 Å². The molecule has 4 heteroatoms. The smallest absolute Gasteiger partial charge is 0.321 e. The Morgan fingerprint density at radius 1 is 1.29 bits per heavy atom. The van der Waals surface area contributed by atoms with Crippen molar-refractivity contribution in [2.75, 3.05) is 12.4 Å². The summed E-state index contributed by atoms with van der Waals surface area (Å²) in [5.74, 6) is 1.43. The molecule has 0 saturated heterocycles. The zero-order valence-corrected chi connectivity index (χ0v) is 13.5. The molecule has 1 atom stereocenters. The summed E-state index contributed by atoms with van der Waals surface area (Å²) in [5.41, 5.74) is 3.27. The van der Waals surface area contributed by atoms with Gasteiger partial charge < -0.3 is 10.2 Å². The maximum atomic E-state index is 11.6. The van der Waals surface area contributed by atoms with Gasteiger partial charge in [0.2, 0.25) is 0 Å². The maximum absolute atomic E-state index is 11.6. The minimum atomic E-state index is -0.0426. The molecular formula is C17H23ClN2O. The van der Waals surface area contributed by atoms with Crippen molar-refractivity contribution in [2.45, 2.75) is 44.5 Å². The number of urea groups is 1. The lowest BCUT2D eigenvalue weighted by atomic mass is 9.79. The topological polar surface area (TPSA) is 32.3 Å². The molecule has 114 valence electrons. The molecule has 1 heterocycles. The second kappa shape index (κ2) is 5.88. The SMILES string of the molecule is CC1CCC(C(Cl)c2ccc3c(c2)CN(C)C(=O)N3)CC1. The number of carbonyl (C=O) groups is 1. The largest absolute Gasteiger partial charge is 0.323 e. The summed E-state index contributed by atoms with van der Waals surface area (Å²) in [6.07, 6.45) is 5.03. The fourth-order valence-electron chi connectivity index (χ4n) is 3.43. The number of nitrogens with zero attached hydrogens (tertiary/aromatic N) is 1. The number of anilines is 1. The van der Waals surface area contributed by atoms with Crippen molar-refractivity contribution >= 4 is 23.3 Å². The van der Waals surface area contributed by atoms with Gasteiger partial charge in [-0.1, -0.05) is 31.9 Å². The van der Waals surface area contributed by atoms with Crippen LogP contribution in [0.25, 0.3) is 0 Å². The van der Waals surface area contributed by atoms with Crippen LogP contribution in [-0.2, 0) is 6.54 Å². The molecule has 3 nitrogen and oxygen atoms in total. The lowest BCUT2D eigenvalue weighted by molar-refractivity contribution is 0.218. The van der Waals surface area contributed by atoms with E-state index in [1.165, 1.54) is 31.2 Å². The highest BCUT2D eigenvalue weighted by atomic mass is 35.5. The Morgan fingerprint density at radius 2 is 2.00 bits per heavy atom. The number of hydrogen-bond donors (Lipinski definition) is 1. The van der Waals surface area contributed by atoms with Crippen LogP contribution in [-0.4, -0.2) is 18.0 Å². The Morgan fingerprint density at radius 3 is 2.71 bits per heavy atom. The molecule has 0 aromatic heterocycles. The van der Waals surface area contributed by atoms with Gasteiger partial charge in [-0.3, -0.25) is 0 Å². The first-order valence-electron chi connectivity index (χ1n) is 7.83. The van der Waals surface area contributed by atoms with Crippen LogP contribution >= 0.6 is 11.6 Å². The van der Waals surface area contributed by atoms with Gasteiger partial charge in [-0.25, -0.2) is 4.79 Å². The van der Waals surface area contributed by atoms with Crippen LogP contribution in [0.5, 0.6) is 0 Å². The highest BCUT2D eigenvalue weighted by molar-refractivity contribution is 6.21. The minimum Gasteiger partial charge on any atom is -0.323 e. The van der Waals surface area contributed by atoms with E-state index in [1.807, 2.05) is 13.1 Å². The van der Waals surface area contributed by atoms with E-state index < -0.39 is 0 Å². The number of hydrogen-bond acceptors (Lipinski definition) is 1. The number of amides is 2. The lowest BCUT2D eigenvalue weighted by Crippen LogP contribution is -2.35. The van der Waals surface area contributed by atoms with E-state index in [0.29, 0.717) is 12.5 Å². The molecule has 1 saturated carbocycles. The van der Waals surface area contributed by atoms with Gasteiger partial charge in [-0.05, 0) is 41.9 Å². The van der Waals surface area contributed by atoms with E-state index in [4.69, 9.17) is 11.6 Å². The van der Waals surface area contributed by atoms with Crippen LogP contribution < -0.4 is 5.32 Å². The van der Waals surface area contributed by atoms with Crippen LogP contribution in [0.15, 0.2) is 18.2 Å². The lowest BCUT2D eigenvalue weighted by Gasteiger charge is -2.31. The first kappa shape index (κ1) is 14.7. The zero-order valence-electron chi connectivity index (χ0n) is 12.7. The highest BCUT2D eigenvalue weighted by Crippen LogP contribution is 2.41. The summed E-state index contributed by atoms with van der Waals surface area (Å²) in [5, 5.41) is 2.99. The van der Waals surface area contributed by atoms with Crippen LogP contribution in [0.3, 0.4) is 0 Å². The van der Waals surface area contributed by atoms with Gasteiger partial charge in [0, 0.05) is 19.3 Å². The van der Waals surface area contributed by atoms with Gasteiger partial charge in [0.15, 0.2) is 0 Å². The molecule has 3 rings (SSSR count). The molecule has 2 amide bonds. The summed E-state index contributed by atoms with van der Waals surface area (Å²) >= 11 is 6.74. The number of halogens is 1. The molecule has 1 aliphatic heterocycles. The van der Waals surface area contributed by atoms with E-state index in [2.05, 4.69) is 24.4 Å². The minimum absolute atomic E-state index is 0.0426. The van der Waals surface area contributed by atoms with Crippen molar-refractivity contribution in [2.24, 2.45) is 11.8 Å². The van der Waals surface area contributed by atoms with Crippen LogP contribution in [0.2, 0.25) is 0 Å². The number of alkyl halides is 1. The van der Waals surface area contributed by atoms with Gasteiger partial charge in [-0.15, -0.1) is 11.6 Å². The number of rotatable bonds is 2. The van der Waals surface area contributed by atoms with Crippen LogP contribution in [0.1, 0.15) is 49.1 Å². The second-order valence-corrected chi connectivity index (χ2v) is 7.09. The molecule has 0 spiro atoms. The first-order chi connectivity index (χ1) is 10.0. The van der Waals surface area contributed by atoms with Crippen molar-refractivity contribution in [3.8, 4) is 0 Å². The van der Waals surface area contributed by atoms with E-state index in [1.54, 1.807) is 4.90 Å². The average Bonchev–Trinajstić information content (AvgIpc) is 2.48. The van der Waals surface area contributed by atoms with Crippen molar-refractivity contribution in [1.82, 2.24) is 4.90 Å². The molecular weight excluding hydrogens is 284 g/mol. The molecule has 2 aliphatic rings. The zero-order chi connectivity index (χ0) is 15.0. The normalized spacial score (nSPS) is 27.0. The molecule has 21 heavy (non-hydrogen) atoms. The Kier molecular flexibility index (Phi) is 4.12. The first-order valence-corrected chi connectivity index (χ1v) is 8.27. The quantitative estimate of drug-likeness (QED) is 0.784. The molecule has 1 aliphatic carbocycles. The Bertz CT molecular complexity index is 538. The predicted octanol–water partition coefficient (Wildman–Crippen LogP) is 4.77. The standard InChI is InChI=1S/C17H23ClN2O/c1-11-3-5-12(6-4-11)16(18)13-7-8-15-14(9-13)10-20(2)17(21)19-15/h7-9,11-12,16H,3-6,10H2,1-2H3,(H,19,21). The molecule has 0 radical (unpaired) electrons. The van der Waals surface area contributed by atoms with E-state index >= 15 is 0 Å². The van der Waals surface area contributed by atoms with Crippen molar-refractivity contribution in [3.63, 3.8) is 0 Å². The highest BCUT2D eigenvalue weighted by Gasteiger charge is 2.27. The second-order valence-electron chi connectivity index (χ2n) is 6.62. The van der Waals surface area contributed by atoms with Gasteiger partial charge in [-0.2, -0.15) is 0 Å². The van der Waals surface area contributed by atoms with E-state index in [-0.39, 0.29) is 11.4 Å². The average molecular weight is 307 g/mol. The van der Waals surface area contributed by atoms with E-state index in [0.717, 1.165) is 17.2 Å². The van der Waals surface area contributed by atoms with Crippen molar-refractivity contribution in [3.05, 3.63) is 29.3 Å². The molecule has 1 fully saturated rings. The molecule has 1 aromatic rings. The molecule has 0 bridgehead atoms. The van der Waals surface area contributed by atoms with Gasteiger partial charge >= 0.3 is 6.03 Å². The van der Waals surface area contributed by atoms with Crippen LogP contribution in [0.4, 0.5) is 10.5 Å². The summed E-state index contributed by atoms with van der Waals surface area (Å²) in [7, 11) is 1.81. The van der Waals surface area contributed by atoms with Crippen molar-refractivity contribution < 1.29 is 4.79 Å². The summed E-state index contributed by atoms with van der Waals surface area (Å²) in [6.45, 7) is 2.98.